The average Bonchev–Trinajstić information content (AvgIpc) is 3.24. The average molecular weight is 356 g/mol. The van der Waals surface area contributed by atoms with E-state index in [0.29, 0.717) is 5.82 Å². The molecule has 3 aromatic rings. The number of anilines is 2. The summed E-state index contributed by atoms with van der Waals surface area (Å²) in [4.78, 5) is 16.4. The van der Waals surface area contributed by atoms with Gasteiger partial charge < -0.3 is 5.32 Å². The molecule has 4 heteroatoms. The van der Waals surface area contributed by atoms with Crippen molar-refractivity contribution in [1.82, 2.24) is 4.98 Å². The van der Waals surface area contributed by atoms with E-state index in [1.165, 1.54) is 31.2 Å². The smallest absolute Gasteiger partial charge is 0.308 e. The van der Waals surface area contributed by atoms with Gasteiger partial charge in [0.15, 0.2) is 0 Å². The lowest BCUT2D eigenvalue weighted by Gasteiger charge is -2.10. The molecule has 0 bridgehead atoms. The highest BCUT2D eigenvalue weighted by Crippen LogP contribution is 2.33. The molecule has 1 heterocycles. The van der Waals surface area contributed by atoms with Crippen molar-refractivity contribution in [3.05, 3.63) is 84.4 Å². The van der Waals surface area contributed by atoms with Crippen molar-refractivity contribution < 1.29 is 4.79 Å². The van der Waals surface area contributed by atoms with Crippen LogP contribution in [0.5, 0.6) is 0 Å². The van der Waals surface area contributed by atoms with Crippen LogP contribution in [-0.2, 0) is 0 Å². The zero-order valence-electron chi connectivity index (χ0n) is 15.1. The molecule has 2 aromatic carbocycles. The molecule has 0 spiro atoms. The molecule has 27 heavy (non-hydrogen) atoms. The largest absolute Gasteiger partial charge is 0.324 e. The zero-order valence-corrected chi connectivity index (χ0v) is 15.1. The number of aromatic nitrogens is 1. The van der Waals surface area contributed by atoms with Crippen LogP contribution >= 0.6 is 0 Å². The van der Waals surface area contributed by atoms with Gasteiger partial charge in [-0.2, -0.15) is 0 Å². The van der Waals surface area contributed by atoms with Crippen molar-refractivity contribution in [2.75, 3.05) is 10.6 Å². The molecule has 2 N–H and O–H groups in total. The number of nitrogens with one attached hydrogen (secondary N) is 2. The van der Waals surface area contributed by atoms with Gasteiger partial charge in [0.2, 0.25) is 0 Å². The maximum atomic E-state index is 12.0. The van der Waals surface area contributed by atoms with Crippen molar-refractivity contribution in [3.8, 4) is 11.1 Å². The molecule has 0 atom stereocenters. The Hall–Kier alpha value is -3.14. The van der Waals surface area contributed by atoms with Gasteiger partial charge in [0.05, 0.1) is 0 Å². The molecule has 1 saturated carbocycles. The molecular weight excluding hydrogens is 334 g/mol. The second kappa shape index (κ2) is 8.04. The topological polar surface area (TPSA) is 54.0 Å². The first-order valence-corrected chi connectivity index (χ1v) is 9.32. The summed E-state index contributed by atoms with van der Waals surface area (Å²) in [7, 11) is 0. The van der Waals surface area contributed by atoms with Gasteiger partial charge in [-0.1, -0.05) is 55.3 Å². The van der Waals surface area contributed by atoms with Gasteiger partial charge in [-0.25, -0.2) is 9.78 Å². The normalized spacial score (nSPS) is 14.1. The molecule has 1 fully saturated rings. The first-order chi connectivity index (χ1) is 13.3. The molecule has 0 aliphatic heterocycles. The number of benzene rings is 2. The monoisotopic (exact) mass is 356 g/mol. The van der Waals surface area contributed by atoms with E-state index in [9.17, 15) is 4.79 Å². The molecule has 0 unspecified atom stereocenters. The van der Waals surface area contributed by atoms with E-state index in [-0.39, 0.29) is 6.03 Å². The Morgan fingerprint density at radius 3 is 2.07 bits per heavy atom. The highest BCUT2D eigenvalue weighted by molar-refractivity contribution is 5.99. The Labute approximate surface area is 159 Å². The second-order valence-corrected chi connectivity index (χ2v) is 6.77. The molecule has 0 saturated heterocycles. The van der Waals surface area contributed by atoms with E-state index < -0.39 is 0 Å². The predicted octanol–water partition coefficient (Wildman–Crippen LogP) is 5.89. The van der Waals surface area contributed by atoms with E-state index in [1.54, 1.807) is 12.1 Å². The van der Waals surface area contributed by atoms with E-state index >= 15 is 0 Å². The minimum atomic E-state index is -0.306. The lowest BCUT2D eigenvalue weighted by molar-refractivity contribution is 0.262. The Balaban J connectivity index is 1.39. The molecule has 1 aromatic heterocycles. The van der Waals surface area contributed by atoms with E-state index in [0.717, 1.165) is 16.8 Å². The maximum Gasteiger partial charge on any atom is 0.324 e. The Morgan fingerprint density at radius 2 is 1.41 bits per heavy atom. The number of para-hydroxylation sites is 1. The van der Waals surface area contributed by atoms with Gasteiger partial charge >= 0.3 is 6.03 Å². The third kappa shape index (κ3) is 4.34. The van der Waals surface area contributed by atoms with Crippen molar-refractivity contribution in [1.29, 1.82) is 0 Å². The molecule has 4 rings (SSSR count). The Morgan fingerprint density at radius 1 is 0.741 bits per heavy atom. The van der Waals surface area contributed by atoms with Crippen LogP contribution in [0.4, 0.5) is 16.3 Å². The fourth-order valence-corrected chi connectivity index (χ4v) is 3.43. The predicted molar refractivity (Wildman–Crippen MR) is 110 cm³/mol. The number of carbonyl (C=O) groups excluding carboxylic acids is 1. The molecule has 4 nitrogen and oxygen atoms in total. The van der Waals surface area contributed by atoms with Crippen LogP contribution in [0, 0.1) is 5.92 Å². The van der Waals surface area contributed by atoms with Crippen LogP contribution in [0.2, 0.25) is 0 Å². The summed E-state index contributed by atoms with van der Waals surface area (Å²) in [6, 6.07) is 21.5. The van der Waals surface area contributed by atoms with Crippen LogP contribution in [-0.4, -0.2) is 11.0 Å². The fraction of sp³-hybridized carbons (Fsp3) is 0.174. The van der Waals surface area contributed by atoms with Crippen molar-refractivity contribution >= 4 is 17.5 Å². The number of hydrogen-bond donors (Lipinski definition) is 2. The van der Waals surface area contributed by atoms with E-state index in [1.807, 2.05) is 42.5 Å². The maximum absolute atomic E-state index is 12.0. The number of rotatable bonds is 4. The van der Waals surface area contributed by atoms with Crippen LogP contribution in [0.1, 0.15) is 31.2 Å². The standard InChI is InChI=1S/C23H22N3O/c27-23(25-21-8-2-1-3-9-21)26-22-15-14-20(16-24-22)19-12-10-18(11-13-19)17-6-4-5-7-17/h1-3,8-16H,4-7H2,(H2,24,25,26,27). The first-order valence-electron chi connectivity index (χ1n) is 9.32. The van der Waals surface area contributed by atoms with Gasteiger partial charge in [0.25, 0.3) is 0 Å². The van der Waals surface area contributed by atoms with Crippen molar-refractivity contribution in [2.24, 2.45) is 0 Å². The van der Waals surface area contributed by atoms with Gasteiger partial charge in [-0.05, 0) is 48.2 Å². The SMILES string of the molecule is O=C(Nc1ccccc1)Nc1ccc(-c2ccc([C]3CCCC3)cc2)cn1. The zero-order chi connectivity index (χ0) is 18.5. The van der Waals surface area contributed by atoms with Gasteiger partial charge in [0, 0.05) is 23.4 Å². The number of hydrogen-bond acceptors (Lipinski definition) is 2. The summed E-state index contributed by atoms with van der Waals surface area (Å²) in [6.45, 7) is 0. The highest BCUT2D eigenvalue weighted by Gasteiger charge is 2.17. The quantitative estimate of drug-likeness (QED) is 0.612. The summed E-state index contributed by atoms with van der Waals surface area (Å²) in [5.74, 6) is 2.09. The number of nitrogens with zero attached hydrogens (tertiary/aromatic N) is 1. The number of urea groups is 1. The van der Waals surface area contributed by atoms with Crippen LogP contribution in [0.3, 0.4) is 0 Å². The molecule has 2 amide bonds. The van der Waals surface area contributed by atoms with Crippen molar-refractivity contribution in [2.45, 2.75) is 25.7 Å². The second-order valence-electron chi connectivity index (χ2n) is 6.77. The Kier molecular flexibility index (Phi) is 5.15. The third-order valence-corrected chi connectivity index (χ3v) is 4.87. The van der Waals surface area contributed by atoms with Crippen LogP contribution in [0.25, 0.3) is 11.1 Å². The summed E-state index contributed by atoms with van der Waals surface area (Å²) >= 11 is 0. The third-order valence-electron chi connectivity index (χ3n) is 4.87. The summed E-state index contributed by atoms with van der Waals surface area (Å²) in [5, 5.41) is 5.53. The van der Waals surface area contributed by atoms with Crippen LogP contribution < -0.4 is 10.6 Å². The van der Waals surface area contributed by atoms with Crippen molar-refractivity contribution in [3.63, 3.8) is 0 Å². The van der Waals surface area contributed by atoms with Gasteiger partial charge in [-0.15, -0.1) is 0 Å². The number of pyridine rings is 1. The minimum Gasteiger partial charge on any atom is -0.308 e. The minimum absolute atomic E-state index is 0.306. The van der Waals surface area contributed by atoms with E-state index in [2.05, 4.69) is 39.9 Å². The molecular formula is C23H22N3O. The lowest BCUT2D eigenvalue weighted by atomic mass is 9.95. The summed E-state index contributed by atoms with van der Waals surface area (Å²) in [6.07, 6.45) is 6.87. The number of amides is 2. The lowest BCUT2D eigenvalue weighted by Crippen LogP contribution is -2.19. The molecule has 1 radical (unpaired) electrons. The fourth-order valence-electron chi connectivity index (χ4n) is 3.43. The summed E-state index contributed by atoms with van der Waals surface area (Å²) in [5.41, 5.74) is 4.27. The molecule has 135 valence electrons. The van der Waals surface area contributed by atoms with Crippen LogP contribution in [0.15, 0.2) is 72.9 Å². The highest BCUT2D eigenvalue weighted by atomic mass is 16.2. The van der Waals surface area contributed by atoms with Gasteiger partial charge in [-0.3, -0.25) is 5.32 Å². The Bertz CT molecular complexity index is 883. The number of carbonyl (C=O) groups is 1. The van der Waals surface area contributed by atoms with Gasteiger partial charge in [0.1, 0.15) is 5.82 Å². The van der Waals surface area contributed by atoms with E-state index in [4.69, 9.17) is 0 Å². The summed E-state index contributed by atoms with van der Waals surface area (Å²) < 4.78 is 0. The first kappa shape index (κ1) is 17.3. The molecule has 1 aliphatic rings. The molecule has 1 aliphatic carbocycles.